The molecule has 0 aromatic heterocycles. The van der Waals surface area contributed by atoms with Crippen LogP contribution in [-0.2, 0) is 19.6 Å². The molecular formula is C18H25ClN2O5S. The fourth-order valence-electron chi connectivity index (χ4n) is 2.93. The Morgan fingerprint density at radius 3 is 2.41 bits per heavy atom. The Kier molecular flexibility index (Phi) is 7.64. The van der Waals surface area contributed by atoms with Gasteiger partial charge in [-0.05, 0) is 31.0 Å². The molecule has 1 aliphatic carbocycles. The molecule has 1 N–H and O–H groups in total. The van der Waals surface area contributed by atoms with Crippen molar-refractivity contribution in [3.8, 4) is 0 Å². The Balaban J connectivity index is 2.00. The molecule has 1 aromatic carbocycles. The summed E-state index contributed by atoms with van der Waals surface area (Å²) in [6, 6.07) is 3.90. The average Bonchev–Trinajstić information content (AvgIpc) is 2.88. The number of carbonyl (C=O) groups is 2. The Hall–Kier alpha value is -1.64. The van der Waals surface area contributed by atoms with Crippen LogP contribution in [0.2, 0.25) is 5.02 Å². The Labute approximate surface area is 165 Å². The first-order valence-corrected chi connectivity index (χ1v) is 10.7. The second-order valence-corrected chi connectivity index (χ2v) is 9.32. The number of esters is 1. The third kappa shape index (κ3) is 5.92. The second kappa shape index (κ2) is 9.52. The third-order valence-electron chi connectivity index (χ3n) is 4.49. The minimum absolute atomic E-state index is 0.0573. The van der Waals surface area contributed by atoms with Crippen molar-refractivity contribution in [2.75, 3.05) is 20.7 Å². The molecule has 0 heterocycles. The van der Waals surface area contributed by atoms with Crippen LogP contribution < -0.4 is 5.32 Å². The number of benzene rings is 1. The van der Waals surface area contributed by atoms with Crippen LogP contribution in [-0.4, -0.2) is 51.3 Å². The topological polar surface area (TPSA) is 92.8 Å². The number of nitrogens with zero attached hydrogens (tertiary/aromatic N) is 1. The highest BCUT2D eigenvalue weighted by Crippen LogP contribution is 2.23. The molecule has 0 bridgehead atoms. The van der Waals surface area contributed by atoms with E-state index in [-0.39, 0.29) is 27.4 Å². The van der Waals surface area contributed by atoms with E-state index in [4.69, 9.17) is 16.3 Å². The highest BCUT2D eigenvalue weighted by molar-refractivity contribution is 7.89. The Morgan fingerprint density at radius 2 is 1.81 bits per heavy atom. The maximum atomic E-state index is 12.3. The van der Waals surface area contributed by atoms with E-state index in [1.807, 2.05) is 0 Å². The maximum absolute atomic E-state index is 12.3. The number of carbonyl (C=O) groups excluding carboxylic acids is 2. The van der Waals surface area contributed by atoms with Crippen molar-refractivity contribution in [2.45, 2.75) is 49.5 Å². The molecule has 2 rings (SSSR count). The Bertz CT molecular complexity index is 787. The van der Waals surface area contributed by atoms with Crippen molar-refractivity contribution in [3.05, 3.63) is 28.8 Å². The van der Waals surface area contributed by atoms with Gasteiger partial charge in [0.15, 0.2) is 6.61 Å². The van der Waals surface area contributed by atoms with E-state index in [1.165, 1.54) is 39.1 Å². The van der Waals surface area contributed by atoms with Gasteiger partial charge in [-0.2, -0.15) is 0 Å². The molecule has 0 radical (unpaired) electrons. The fourth-order valence-corrected chi connectivity index (χ4v) is 4.06. The molecule has 0 spiro atoms. The third-order valence-corrected chi connectivity index (χ3v) is 6.63. The molecule has 27 heavy (non-hydrogen) atoms. The van der Waals surface area contributed by atoms with Crippen LogP contribution in [0.25, 0.3) is 0 Å². The largest absolute Gasteiger partial charge is 0.452 e. The van der Waals surface area contributed by atoms with E-state index in [1.54, 1.807) is 0 Å². The highest BCUT2D eigenvalue weighted by atomic mass is 35.5. The van der Waals surface area contributed by atoms with Crippen LogP contribution in [0.4, 0.5) is 0 Å². The van der Waals surface area contributed by atoms with Crippen LogP contribution in [0.1, 0.15) is 48.9 Å². The molecule has 7 nitrogen and oxygen atoms in total. The average molecular weight is 417 g/mol. The molecule has 0 atom stereocenters. The fraction of sp³-hybridized carbons (Fsp3) is 0.556. The van der Waals surface area contributed by atoms with Gasteiger partial charge in [0.2, 0.25) is 10.0 Å². The summed E-state index contributed by atoms with van der Waals surface area (Å²) in [7, 11) is -0.939. The summed E-state index contributed by atoms with van der Waals surface area (Å²) in [6.07, 6.45) is 6.35. The van der Waals surface area contributed by atoms with Gasteiger partial charge in [-0.15, -0.1) is 0 Å². The summed E-state index contributed by atoms with van der Waals surface area (Å²) < 4.78 is 30.5. The minimum Gasteiger partial charge on any atom is -0.452 e. The summed E-state index contributed by atoms with van der Waals surface area (Å²) in [4.78, 5) is 24.2. The van der Waals surface area contributed by atoms with Gasteiger partial charge >= 0.3 is 5.97 Å². The first-order valence-electron chi connectivity index (χ1n) is 8.90. The molecule has 0 saturated heterocycles. The van der Waals surface area contributed by atoms with Crippen molar-refractivity contribution in [1.29, 1.82) is 0 Å². The van der Waals surface area contributed by atoms with E-state index in [2.05, 4.69) is 5.32 Å². The van der Waals surface area contributed by atoms with Crippen molar-refractivity contribution in [3.63, 3.8) is 0 Å². The number of hydrogen-bond donors (Lipinski definition) is 1. The zero-order valence-electron chi connectivity index (χ0n) is 15.5. The molecule has 1 aromatic rings. The van der Waals surface area contributed by atoms with E-state index in [0.29, 0.717) is 0 Å². The van der Waals surface area contributed by atoms with Crippen LogP contribution in [0.15, 0.2) is 23.1 Å². The lowest BCUT2D eigenvalue weighted by atomic mass is 10.1. The first kappa shape index (κ1) is 21.7. The molecule has 1 saturated carbocycles. The van der Waals surface area contributed by atoms with Gasteiger partial charge in [-0.25, -0.2) is 17.5 Å². The van der Waals surface area contributed by atoms with E-state index in [0.717, 1.165) is 36.1 Å². The van der Waals surface area contributed by atoms with Crippen molar-refractivity contribution in [1.82, 2.24) is 9.62 Å². The van der Waals surface area contributed by atoms with Gasteiger partial charge in [0.25, 0.3) is 5.91 Å². The van der Waals surface area contributed by atoms with Crippen LogP contribution >= 0.6 is 11.6 Å². The van der Waals surface area contributed by atoms with Gasteiger partial charge < -0.3 is 10.1 Å². The van der Waals surface area contributed by atoms with E-state index in [9.17, 15) is 18.0 Å². The van der Waals surface area contributed by atoms with Gasteiger partial charge in [0.05, 0.1) is 15.5 Å². The van der Waals surface area contributed by atoms with Crippen molar-refractivity contribution in [2.24, 2.45) is 0 Å². The lowest BCUT2D eigenvalue weighted by Gasteiger charge is -2.16. The number of amides is 1. The van der Waals surface area contributed by atoms with Crippen molar-refractivity contribution < 1.29 is 22.7 Å². The molecule has 1 aliphatic rings. The second-order valence-electron chi connectivity index (χ2n) is 6.76. The standard InChI is InChI=1S/C18H25ClN2O5S/c1-21(2)27(24,25)14-9-10-16(19)15(11-14)18(23)26-12-17(22)20-13-7-5-3-4-6-8-13/h9-11,13H,3-8,12H2,1-2H3,(H,20,22). The number of hydrogen-bond acceptors (Lipinski definition) is 5. The van der Waals surface area contributed by atoms with Gasteiger partial charge in [0.1, 0.15) is 0 Å². The number of ether oxygens (including phenoxy) is 1. The normalized spacial score (nSPS) is 16.0. The van der Waals surface area contributed by atoms with Crippen LogP contribution in [0, 0.1) is 0 Å². The zero-order valence-corrected chi connectivity index (χ0v) is 17.1. The summed E-state index contributed by atoms with van der Waals surface area (Å²) in [5.41, 5.74) is -0.0955. The Morgan fingerprint density at radius 1 is 1.19 bits per heavy atom. The van der Waals surface area contributed by atoms with E-state index < -0.39 is 22.6 Å². The number of halogens is 1. The molecule has 1 amide bonds. The minimum atomic E-state index is -3.72. The number of sulfonamides is 1. The number of nitrogens with one attached hydrogen (secondary N) is 1. The molecular weight excluding hydrogens is 392 g/mol. The quantitative estimate of drug-likeness (QED) is 0.568. The molecule has 0 unspecified atom stereocenters. The van der Waals surface area contributed by atoms with Gasteiger partial charge in [-0.3, -0.25) is 4.79 Å². The van der Waals surface area contributed by atoms with Crippen molar-refractivity contribution >= 4 is 33.5 Å². The smallest absolute Gasteiger partial charge is 0.340 e. The molecule has 1 fully saturated rings. The van der Waals surface area contributed by atoms with Crippen LogP contribution in [0.5, 0.6) is 0 Å². The summed E-state index contributed by atoms with van der Waals surface area (Å²) in [5.74, 6) is -1.21. The summed E-state index contributed by atoms with van der Waals surface area (Å²) in [5, 5.41) is 2.94. The number of rotatable bonds is 6. The maximum Gasteiger partial charge on any atom is 0.340 e. The lowest BCUT2D eigenvalue weighted by molar-refractivity contribution is -0.125. The summed E-state index contributed by atoms with van der Waals surface area (Å²) in [6.45, 7) is -0.434. The first-order chi connectivity index (χ1) is 12.7. The van der Waals surface area contributed by atoms with Gasteiger partial charge in [-0.1, -0.05) is 37.3 Å². The lowest BCUT2D eigenvalue weighted by Crippen LogP contribution is -2.37. The highest BCUT2D eigenvalue weighted by Gasteiger charge is 2.22. The summed E-state index contributed by atoms with van der Waals surface area (Å²) >= 11 is 6.00. The predicted molar refractivity (Wildman–Crippen MR) is 102 cm³/mol. The predicted octanol–water partition coefficient (Wildman–Crippen LogP) is 2.59. The molecule has 0 aliphatic heterocycles. The van der Waals surface area contributed by atoms with Gasteiger partial charge in [0, 0.05) is 20.1 Å². The molecule has 150 valence electrons. The van der Waals surface area contributed by atoms with Crippen LogP contribution in [0.3, 0.4) is 0 Å². The zero-order chi connectivity index (χ0) is 20.0. The van der Waals surface area contributed by atoms with E-state index >= 15 is 0 Å². The monoisotopic (exact) mass is 416 g/mol. The molecule has 9 heteroatoms. The SMILES string of the molecule is CN(C)S(=O)(=O)c1ccc(Cl)c(C(=O)OCC(=O)NC2CCCCCC2)c1.